The van der Waals surface area contributed by atoms with E-state index in [0.717, 1.165) is 0 Å². The van der Waals surface area contributed by atoms with Crippen LogP contribution in [-0.4, -0.2) is 16.0 Å². The Morgan fingerprint density at radius 1 is 1.50 bits per heavy atom. The summed E-state index contributed by atoms with van der Waals surface area (Å²) in [5.41, 5.74) is -1.02. The molecule has 1 heterocycles. The van der Waals surface area contributed by atoms with Gasteiger partial charge in [-0.05, 0) is 19.9 Å². The zero-order chi connectivity index (χ0) is 10.9. The topological polar surface area (TPSA) is 17.8 Å². The van der Waals surface area contributed by atoms with Crippen LogP contribution < -0.4 is 0 Å². The highest BCUT2D eigenvalue weighted by Gasteiger charge is 2.34. The summed E-state index contributed by atoms with van der Waals surface area (Å²) >= 11 is 0. The lowest BCUT2D eigenvalue weighted by Crippen LogP contribution is -2.11. The summed E-state index contributed by atoms with van der Waals surface area (Å²) in [6.45, 7) is 6.65. The average molecular weight is 204 g/mol. The lowest BCUT2D eigenvalue weighted by atomic mass is 10.2. The molecule has 0 N–H and O–H groups in total. The fourth-order valence-electron chi connectivity index (χ4n) is 0.932. The van der Waals surface area contributed by atoms with Crippen molar-refractivity contribution in [1.82, 2.24) is 9.78 Å². The van der Waals surface area contributed by atoms with Crippen LogP contribution in [0.4, 0.5) is 13.2 Å². The first-order valence-electron chi connectivity index (χ1n) is 4.14. The van der Waals surface area contributed by atoms with Crippen LogP contribution in [0.5, 0.6) is 0 Å². The molecule has 0 saturated heterocycles. The molecule has 0 saturated carbocycles. The summed E-state index contributed by atoms with van der Waals surface area (Å²) < 4.78 is 38.1. The highest BCUT2D eigenvalue weighted by molar-refractivity contribution is 5.63. The van der Waals surface area contributed by atoms with Gasteiger partial charge in [0.15, 0.2) is 0 Å². The molecule has 0 aliphatic carbocycles. The molecule has 0 unspecified atom stereocenters. The SMILES string of the molecule is C=C(c1ccn(C(C)C)n1)C(F)(F)F. The number of rotatable bonds is 2. The number of aromatic nitrogens is 2. The minimum Gasteiger partial charge on any atom is -0.270 e. The van der Waals surface area contributed by atoms with Gasteiger partial charge >= 0.3 is 6.18 Å². The summed E-state index contributed by atoms with van der Waals surface area (Å²) in [5.74, 6) is 0. The van der Waals surface area contributed by atoms with Crippen LogP contribution in [0.2, 0.25) is 0 Å². The van der Waals surface area contributed by atoms with Crippen molar-refractivity contribution in [1.29, 1.82) is 0 Å². The second-order valence-electron chi connectivity index (χ2n) is 3.25. The molecular weight excluding hydrogens is 193 g/mol. The third kappa shape index (κ3) is 2.16. The maximum Gasteiger partial charge on any atom is 0.417 e. The van der Waals surface area contributed by atoms with Crippen molar-refractivity contribution in [3.8, 4) is 0 Å². The van der Waals surface area contributed by atoms with Crippen LogP contribution in [0.25, 0.3) is 5.57 Å². The molecule has 2 nitrogen and oxygen atoms in total. The van der Waals surface area contributed by atoms with E-state index in [4.69, 9.17) is 0 Å². The van der Waals surface area contributed by atoms with Crippen LogP contribution in [-0.2, 0) is 0 Å². The first-order chi connectivity index (χ1) is 6.32. The largest absolute Gasteiger partial charge is 0.417 e. The molecular formula is C9H11F3N2. The van der Waals surface area contributed by atoms with E-state index < -0.39 is 11.7 Å². The van der Waals surface area contributed by atoms with Gasteiger partial charge in [0.05, 0.1) is 11.3 Å². The van der Waals surface area contributed by atoms with E-state index in [-0.39, 0.29) is 11.7 Å². The molecule has 78 valence electrons. The van der Waals surface area contributed by atoms with Crippen molar-refractivity contribution in [3.63, 3.8) is 0 Å². The molecule has 0 bridgehead atoms. The first kappa shape index (κ1) is 10.8. The molecule has 1 rings (SSSR count). The van der Waals surface area contributed by atoms with E-state index in [1.807, 2.05) is 13.8 Å². The quantitative estimate of drug-likeness (QED) is 0.724. The highest BCUT2D eigenvalue weighted by Crippen LogP contribution is 2.31. The fraction of sp³-hybridized carbons (Fsp3) is 0.444. The molecule has 0 radical (unpaired) electrons. The number of halogens is 3. The Bertz CT molecular complexity index is 336. The second-order valence-corrected chi connectivity index (χ2v) is 3.25. The first-order valence-corrected chi connectivity index (χ1v) is 4.14. The molecule has 0 atom stereocenters. The van der Waals surface area contributed by atoms with Crippen molar-refractivity contribution < 1.29 is 13.2 Å². The Kier molecular flexibility index (Phi) is 2.69. The zero-order valence-corrected chi connectivity index (χ0v) is 7.97. The van der Waals surface area contributed by atoms with Crippen molar-refractivity contribution in [2.45, 2.75) is 26.1 Å². The van der Waals surface area contributed by atoms with Gasteiger partial charge in [0.1, 0.15) is 0 Å². The van der Waals surface area contributed by atoms with E-state index in [9.17, 15) is 13.2 Å². The predicted octanol–water partition coefficient (Wildman–Crippen LogP) is 3.04. The van der Waals surface area contributed by atoms with Crippen molar-refractivity contribution in [2.24, 2.45) is 0 Å². The molecule has 0 aliphatic heterocycles. The van der Waals surface area contributed by atoms with Gasteiger partial charge in [-0.2, -0.15) is 18.3 Å². The maximum atomic E-state index is 12.2. The Hall–Kier alpha value is -1.26. The fourth-order valence-corrected chi connectivity index (χ4v) is 0.932. The van der Waals surface area contributed by atoms with Gasteiger partial charge in [-0.3, -0.25) is 4.68 Å². The number of nitrogens with zero attached hydrogens (tertiary/aromatic N) is 2. The molecule has 0 aromatic carbocycles. The number of alkyl halides is 3. The van der Waals surface area contributed by atoms with Gasteiger partial charge in [0, 0.05) is 12.2 Å². The van der Waals surface area contributed by atoms with E-state index in [0.29, 0.717) is 0 Å². The van der Waals surface area contributed by atoms with Crippen LogP contribution in [0.1, 0.15) is 25.6 Å². The lowest BCUT2D eigenvalue weighted by Gasteiger charge is -2.07. The molecule has 0 aliphatic rings. The lowest BCUT2D eigenvalue weighted by molar-refractivity contribution is -0.0689. The Morgan fingerprint density at radius 3 is 2.43 bits per heavy atom. The Morgan fingerprint density at radius 2 is 2.07 bits per heavy atom. The van der Waals surface area contributed by atoms with E-state index >= 15 is 0 Å². The van der Waals surface area contributed by atoms with Crippen LogP contribution in [0, 0.1) is 0 Å². The monoisotopic (exact) mass is 204 g/mol. The molecule has 0 spiro atoms. The van der Waals surface area contributed by atoms with E-state index in [1.165, 1.54) is 16.9 Å². The predicted molar refractivity (Wildman–Crippen MR) is 47.7 cm³/mol. The highest BCUT2D eigenvalue weighted by atomic mass is 19.4. The Balaban J connectivity index is 2.93. The molecule has 0 fully saturated rings. The average Bonchev–Trinajstić information content (AvgIpc) is 2.48. The summed E-state index contributed by atoms with van der Waals surface area (Å²) in [4.78, 5) is 0. The van der Waals surface area contributed by atoms with Gasteiger partial charge in [-0.15, -0.1) is 0 Å². The summed E-state index contributed by atoms with van der Waals surface area (Å²) in [7, 11) is 0. The third-order valence-corrected chi connectivity index (χ3v) is 1.79. The molecule has 14 heavy (non-hydrogen) atoms. The number of hydrogen-bond acceptors (Lipinski definition) is 1. The van der Waals surface area contributed by atoms with Crippen molar-refractivity contribution in [2.75, 3.05) is 0 Å². The van der Waals surface area contributed by atoms with Gasteiger partial charge in [-0.1, -0.05) is 6.58 Å². The Labute approximate surface area is 80.0 Å². The van der Waals surface area contributed by atoms with E-state index in [1.54, 1.807) is 0 Å². The van der Waals surface area contributed by atoms with Crippen LogP contribution >= 0.6 is 0 Å². The van der Waals surface area contributed by atoms with Crippen LogP contribution in [0.3, 0.4) is 0 Å². The summed E-state index contributed by atoms with van der Waals surface area (Å²) in [6, 6.07) is 1.36. The van der Waals surface area contributed by atoms with Gasteiger partial charge < -0.3 is 0 Å². The zero-order valence-electron chi connectivity index (χ0n) is 7.97. The molecule has 0 amide bonds. The molecule has 1 aromatic heterocycles. The number of allylic oxidation sites excluding steroid dienone is 1. The maximum absolute atomic E-state index is 12.2. The van der Waals surface area contributed by atoms with Crippen molar-refractivity contribution in [3.05, 3.63) is 24.5 Å². The van der Waals surface area contributed by atoms with Gasteiger partial charge in [0.25, 0.3) is 0 Å². The minimum atomic E-state index is -4.41. The summed E-state index contributed by atoms with van der Waals surface area (Å²) in [6.07, 6.45) is -2.90. The number of hydrogen-bond donors (Lipinski definition) is 0. The molecule has 1 aromatic rings. The normalized spacial score (nSPS) is 12.1. The van der Waals surface area contributed by atoms with Gasteiger partial charge in [-0.25, -0.2) is 0 Å². The molecule has 5 heteroatoms. The minimum absolute atomic E-state index is 0.0461. The third-order valence-electron chi connectivity index (χ3n) is 1.79. The van der Waals surface area contributed by atoms with Crippen molar-refractivity contribution >= 4 is 5.57 Å². The van der Waals surface area contributed by atoms with Gasteiger partial charge in [0.2, 0.25) is 0 Å². The second kappa shape index (κ2) is 3.48. The van der Waals surface area contributed by atoms with E-state index in [2.05, 4.69) is 11.7 Å². The summed E-state index contributed by atoms with van der Waals surface area (Å²) in [5, 5.41) is 3.77. The standard InChI is InChI=1S/C9H11F3N2/c1-6(2)14-5-4-8(13-14)7(3)9(10,11)12/h4-6H,3H2,1-2H3. The smallest absolute Gasteiger partial charge is 0.270 e. The van der Waals surface area contributed by atoms with Crippen LogP contribution in [0.15, 0.2) is 18.8 Å².